The lowest BCUT2D eigenvalue weighted by Gasteiger charge is -2.43. The van der Waals surface area contributed by atoms with Crippen molar-refractivity contribution in [2.75, 3.05) is 26.2 Å². The number of carbonyl (C=O) groups excluding carboxylic acids is 1. The van der Waals surface area contributed by atoms with Gasteiger partial charge in [0, 0.05) is 63.1 Å². The monoisotopic (exact) mass is 359 g/mol. The Morgan fingerprint density at radius 2 is 2.42 bits per heavy atom. The molecule has 2 aliphatic rings. The highest BCUT2D eigenvalue weighted by Crippen LogP contribution is 2.43. The Labute approximate surface area is 152 Å². The van der Waals surface area contributed by atoms with Crippen molar-refractivity contribution in [3.05, 3.63) is 36.0 Å². The molecule has 0 unspecified atom stereocenters. The maximum absolute atomic E-state index is 12.0. The molecule has 1 N–H and O–H groups in total. The van der Waals surface area contributed by atoms with E-state index in [0.717, 1.165) is 45.5 Å². The molecule has 0 aliphatic carbocycles. The molecule has 2 saturated heterocycles. The summed E-state index contributed by atoms with van der Waals surface area (Å²) in [5.41, 5.74) is 1.34. The maximum Gasteiger partial charge on any atom is 0.289 e. The zero-order valence-corrected chi connectivity index (χ0v) is 15.1. The minimum atomic E-state index is -0.211. The van der Waals surface area contributed by atoms with Crippen molar-refractivity contribution in [1.82, 2.24) is 25.2 Å². The number of carbonyl (C=O) groups is 1. The van der Waals surface area contributed by atoms with Crippen LogP contribution < -0.4 is 5.32 Å². The summed E-state index contributed by atoms with van der Waals surface area (Å²) in [6.45, 7) is 4.35. The average molecular weight is 359 g/mol. The molecule has 26 heavy (non-hydrogen) atoms. The van der Waals surface area contributed by atoms with Gasteiger partial charge in [0.1, 0.15) is 0 Å². The molecule has 2 atom stereocenters. The minimum absolute atomic E-state index is 0.106. The number of aryl methyl sites for hydroxylation is 1. The summed E-state index contributed by atoms with van der Waals surface area (Å²) >= 11 is 0. The standard InChI is InChI=1S/C18H25N5O3/c1-22-11-14(10-20-22)12-23-8-3-16-18(13-23,5-9-25-16)4-7-19-17(24)15-2-6-21-26-15/h2,6,10-11,16H,3-5,7-9,12-13H2,1H3,(H,19,24)/t16-,18+/m0/s1. The van der Waals surface area contributed by atoms with Gasteiger partial charge in [-0.25, -0.2) is 0 Å². The van der Waals surface area contributed by atoms with Gasteiger partial charge in [0.15, 0.2) is 0 Å². The summed E-state index contributed by atoms with van der Waals surface area (Å²) in [5.74, 6) is 0.0426. The number of fused-ring (bicyclic) bond motifs is 1. The third kappa shape index (κ3) is 3.52. The fraction of sp³-hybridized carbons (Fsp3) is 0.611. The maximum atomic E-state index is 12.0. The lowest BCUT2D eigenvalue weighted by Crippen LogP contribution is -2.50. The number of likely N-dealkylation sites (tertiary alicyclic amines) is 1. The van der Waals surface area contributed by atoms with Gasteiger partial charge >= 0.3 is 0 Å². The van der Waals surface area contributed by atoms with Crippen LogP contribution in [0.15, 0.2) is 29.2 Å². The van der Waals surface area contributed by atoms with E-state index in [9.17, 15) is 4.79 Å². The molecule has 140 valence electrons. The Kier molecular flexibility index (Phi) is 4.78. The molecule has 1 amide bonds. The third-order valence-corrected chi connectivity index (χ3v) is 5.58. The molecule has 0 bridgehead atoms. The summed E-state index contributed by atoms with van der Waals surface area (Å²) in [4.78, 5) is 14.5. The van der Waals surface area contributed by atoms with E-state index in [1.165, 1.54) is 11.8 Å². The number of hydrogen-bond donors (Lipinski definition) is 1. The van der Waals surface area contributed by atoms with Gasteiger partial charge in [-0.3, -0.25) is 14.4 Å². The highest BCUT2D eigenvalue weighted by atomic mass is 16.5. The molecule has 2 aromatic heterocycles. The van der Waals surface area contributed by atoms with Crippen LogP contribution in [0, 0.1) is 5.41 Å². The molecule has 0 radical (unpaired) electrons. The number of hydrogen-bond acceptors (Lipinski definition) is 6. The second kappa shape index (κ2) is 7.20. The smallest absolute Gasteiger partial charge is 0.289 e. The SMILES string of the molecule is Cn1cc(CN2CC[C@@H]3OCC[C@]3(CCNC(=O)c3ccno3)C2)cn1. The van der Waals surface area contributed by atoms with Crippen LogP contribution in [0.1, 0.15) is 35.4 Å². The van der Waals surface area contributed by atoms with E-state index >= 15 is 0 Å². The number of nitrogens with zero attached hydrogens (tertiary/aromatic N) is 4. The molecule has 2 aromatic rings. The average Bonchev–Trinajstić information content (AvgIpc) is 3.35. The molecule has 8 heteroatoms. The molecule has 4 heterocycles. The van der Waals surface area contributed by atoms with E-state index in [-0.39, 0.29) is 23.2 Å². The van der Waals surface area contributed by atoms with E-state index in [4.69, 9.17) is 9.26 Å². The van der Waals surface area contributed by atoms with Gasteiger partial charge in [-0.05, 0) is 19.3 Å². The first kappa shape index (κ1) is 17.2. The van der Waals surface area contributed by atoms with Crippen LogP contribution in [0.25, 0.3) is 0 Å². The first-order valence-corrected chi connectivity index (χ1v) is 9.15. The molecule has 4 rings (SSSR count). The summed E-state index contributed by atoms with van der Waals surface area (Å²) in [6, 6.07) is 1.57. The Balaban J connectivity index is 1.36. The third-order valence-electron chi connectivity index (χ3n) is 5.58. The van der Waals surface area contributed by atoms with Crippen molar-refractivity contribution < 1.29 is 14.1 Å². The molecule has 2 aliphatic heterocycles. The van der Waals surface area contributed by atoms with E-state index in [2.05, 4.69) is 26.7 Å². The van der Waals surface area contributed by atoms with Gasteiger partial charge in [0.05, 0.1) is 18.5 Å². The largest absolute Gasteiger partial charge is 0.378 e. The molecule has 2 fully saturated rings. The molecule has 0 spiro atoms. The molecule has 8 nitrogen and oxygen atoms in total. The number of piperidine rings is 1. The summed E-state index contributed by atoms with van der Waals surface area (Å²) < 4.78 is 12.8. The van der Waals surface area contributed by atoms with Crippen molar-refractivity contribution in [3.8, 4) is 0 Å². The summed E-state index contributed by atoms with van der Waals surface area (Å²) in [5, 5.41) is 10.8. The van der Waals surface area contributed by atoms with E-state index in [0.29, 0.717) is 6.54 Å². The Hall–Kier alpha value is -2.19. The van der Waals surface area contributed by atoms with E-state index in [1.54, 1.807) is 6.07 Å². The van der Waals surface area contributed by atoms with Gasteiger partial charge in [-0.15, -0.1) is 0 Å². The van der Waals surface area contributed by atoms with Crippen LogP contribution in [0.5, 0.6) is 0 Å². The Bertz CT molecular complexity index is 744. The molecular formula is C18H25N5O3. The zero-order valence-electron chi connectivity index (χ0n) is 15.1. The number of ether oxygens (including phenoxy) is 1. The molecule has 0 aromatic carbocycles. The lowest BCUT2D eigenvalue weighted by atomic mass is 9.74. The van der Waals surface area contributed by atoms with Crippen LogP contribution >= 0.6 is 0 Å². The normalized spacial score (nSPS) is 26.0. The van der Waals surface area contributed by atoms with Crippen LogP contribution in [0.2, 0.25) is 0 Å². The van der Waals surface area contributed by atoms with E-state index in [1.807, 2.05) is 17.9 Å². The number of amides is 1. The molecule has 0 saturated carbocycles. The number of nitrogens with one attached hydrogen (secondary N) is 1. The van der Waals surface area contributed by atoms with Crippen LogP contribution in [-0.2, 0) is 18.3 Å². The predicted molar refractivity (Wildman–Crippen MR) is 93.3 cm³/mol. The lowest BCUT2D eigenvalue weighted by molar-refractivity contribution is -0.0240. The van der Waals surface area contributed by atoms with Crippen molar-refractivity contribution in [2.45, 2.75) is 31.9 Å². The van der Waals surface area contributed by atoms with Gasteiger partial charge in [-0.1, -0.05) is 5.16 Å². The second-order valence-electron chi connectivity index (χ2n) is 7.38. The minimum Gasteiger partial charge on any atom is -0.378 e. The summed E-state index contributed by atoms with van der Waals surface area (Å²) in [6.07, 6.45) is 8.75. The predicted octanol–water partition coefficient (Wildman–Crippen LogP) is 1.21. The number of aromatic nitrogens is 3. The van der Waals surface area contributed by atoms with Crippen LogP contribution in [0.3, 0.4) is 0 Å². The highest BCUT2D eigenvalue weighted by Gasteiger charge is 2.47. The second-order valence-corrected chi connectivity index (χ2v) is 7.38. The van der Waals surface area contributed by atoms with Gasteiger partial charge in [0.25, 0.3) is 5.91 Å². The first-order valence-electron chi connectivity index (χ1n) is 9.15. The molecular weight excluding hydrogens is 334 g/mol. The van der Waals surface area contributed by atoms with Crippen LogP contribution in [0.4, 0.5) is 0 Å². The van der Waals surface area contributed by atoms with Gasteiger partial charge in [0.2, 0.25) is 5.76 Å². The Morgan fingerprint density at radius 3 is 3.19 bits per heavy atom. The first-order chi connectivity index (χ1) is 12.6. The van der Waals surface area contributed by atoms with E-state index < -0.39 is 0 Å². The fourth-order valence-corrected chi connectivity index (χ4v) is 4.29. The van der Waals surface area contributed by atoms with Gasteiger partial charge < -0.3 is 14.6 Å². The summed E-state index contributed by atoms with van der Waals surface area (Å²) in [7, 11) is 1.94. The van der Waals surface area contributed by atoms with Crippen LogP contribution in [-0.4, -0.2) is 58.1 Å². The van der Waals surface area contributed by atoms with Crippen molar-refractivity contribution in [1.29, 1.82) is 0 Å². The topological polar surface area (TPSA) is 85.4 Å². The quantitative estimate of drug-likeness (QED) is 0.834. The number of rotatable bonds is 6. The fourth-order valence-electron chi connectivity index (χ4n) is 4.29. The highest BCUT2D eigenvalue weighted by molar-refractivity contribution is 5.91. The zero-order chi connectivity index (χ0) is 18.0. The van der Waals surface area contributed by atoms with Gasteiger partial charge in [-0.2, -0.15) is 5.10 Å². The van der Waals surface area contributed by atoms with Crippen molar-refractivity contribution in [3.63, 3.8) is 0 Å². The Morgan fingerprint density at radius 1 is 1.50 bits per heavy atom. The van der Waals surface area contributed by atoms with Crippen molar-refractivity contribution >= 4 is 5.91 Å². The van der Waals surface area contributed by atoms with Crippen molar-refractivity contribution in [2.24, 2.45) is 12.5 Å².